The van der Waals surface area contributed by atoms with Crippen LogP contribution in [0.4, 0.5) is 0 Å². The van der Waals surface area contributed by atoms with Crippen LogP contribution in [0.15, 0.2) is 47.8 Å². The second-order valence-electron chi connectivity index (χ2n) is 3.73. The smallest absolute Gasteiger partial charge is 0.306 e. The zero-order valence-electron chi connectivity index (χ0n) is 9.46. The van der Waals surface area contributed by atoms with Crippen LogP contribution in [0.1, 0.15) is 16.9 Å². The van der Waals surface area contributed by atoms with Crippen molar-refractivity contribution in [2.45, 2.75) is 19.4 Å². The first-order chi connectivity index (χ1) is 8.34. The van der Waals surface area contributed by atoms with Crippen molar-refractivity contribution < 1.29 is 9.53 Å². The molecule has 1 aromatic heterocycles. The van der Waals surface area contributed by atoms with Gasteiger partial charge in [-0.3, -0.25) is 4.79 Å². The van der Waals surface area contributed by atoms with Gasteiger partial charge in [0.05, 0.1) is 6.42 Å². The summed E-state index contributed by atoms with van der Waals surface area (Å²) in [6.45, 7) is 0.365. The summed E-state index contributed by atoms with van der Waals surface area (Å²) in [6.07, 6.45) is 1.22. The van der Waals surface area contributed by atoms with Crippen LogP contribution in [0.3, 0.4) is 0 Å². The van der Waals surface area contributed by atoms with Crippen LogP contribution in [0, 0.1) is 0 Å². The highest BCUT2D eigenvalue weighted by atomic mass is 32.1. The summed E-state index contributed by atoms with van der Waals surface area (Å²) in [5.41, 5.74) is 1.02. The van der Waals surface area contributed by atoms with Crippen molar-refractivity contribution in [1.29, 1.82) is 0 Å². The molecule has 1 aromatic carbocycles. The summed E-state index contributed by atoms with van der Waals surface area (Å²) in [4.78, 5) is 12.7. The minimum absolute atomic E-state index is 0.137. The molecule has 0 amide bonds. The number of hydrogen-bond acceptors (Lipinski definition) is 3. The maximum Gasteiger partial charge on any atom is 0.306 e. The van der Waals surface area contributed by atoms with Crippen molar-refractivity contribution in [3.63, 3.8) is 0 Å². The Morgan fingerprint density at radius 2 is 1.94 bits per heavy atom. The van der Waals surface area contributed by atoms with Gasteiger partial charge >= 0.3 is 5.97 Å². The molecule has 3 heteroatoms. The van der Waals surface area contributed by atoms with Crippen molar-refractivity contribution in [3.05, 3.63) is 58.3 Å². The van der Waals surface area contributed by atoms with Gasteiger partial charge in [0.1, 0.15) is 6.61 Å². The lowest BCUT2D eigenvalue weighted by molar-refractivity contribution is -0.144. The number of hydrogen-bond donors (Lipinski definition) is 0. The van der Waals surface area contributed by atoms with E-state index in [0.29, 0.717) is 13.0 Å². The minimum atomic E-state index is -0.137. The van der Waals surface area contributed by atoms with Gasteiger partial charge < -0.3 is 4.74 Å². The van der Waals surface area contributed by atoms with Crippen molar-refractivity contribution in [2.24, 2.45) is 0 Å². The molecular weight excluding hydrogens is 232 g/mol. The number of carbonyl (C=O) groups excluding carboxylic acids is 1. The first kappa shape index (κ1) is 11.9. The first-order valence-electron chi connectivity index (χ1n) is 5.56. The number of aryl methyl sites for hydroxylation is 1. The molecule has 2 rings (SSSR count). The molecule has 0 aliphatic rings. The van der Waals surface area contributed by atoms with Crippen molar-refractivity contribution >= 4 is 17.3 Å². The molecule has 0 spiro atoms. The summed E-state index contributed by atoms with van der Waals surface area (Å²) in [5, 5.41) is 2.02. The van der Waals surface area contributed by atoms with Crippen molar-refractivity contribution in [3.8, 4) is 0 Å². The van der Waals surface area contributed by atoms with E-state index >= 15 is 0 Å². The van der Waals surface area contributed by atoms with E-state index in [1.165, 1.54) is 4.88 Å². The van der Waals surface area contributed by atoms with E-state index in [4.69, 9.17) is 4.74 Å². The van der Waals surface area contributed by atoms with Crippen LogP contribution < -0.4 is 0 Å². The molecule has 17 heavy (non-hydrogen) atoms. The lowest BCUT2D eigenvalue weighted by atomic mass is 10.2. The van der Waals surface area contributed by atoms with E-state index in [1.54, 1.807) is 11.3 Å². The Hall–Kier alpha value is -1.61. The molecule has 88 valence electrons. The van der Waals surface area contributed by atoms with E-state index in [1.807, 2.05) is 47.8 Å². The Morgan fingerprint density at radius 1 is 1.12 bits per heavy atom. The van der Waals surface area contributed by atoms with Crippen molar-refractivity contribution in [1.82, 2.24) is 0 Å². The third kappa shape index (κ3) is 4.04. The molecule has 0 saturated heterocycles. The first-order valence-corrected chi connectivity index (χ1v) is 6.44. The van der Waals surface area contributed by atoms with Gasteiger partial charge in [-0.15, -0.1) is 11.3 Å². The van der Waals surface area contributed by atoms with E-state index < -0.39 is 0 Å². The molecule has 1 heterocycles. The number of carbonyl (C=O) groups is 1. The SMILES string of the molecule is O=C(CCc1cccs1)OCc1ccccc1. The fourth-order valence-electron chi connectivity index (χ4n) is 1.49. The third-order valence-corrected chi connectivity index (χ3v) is 3.33. The molecular formula is C14H14O2S. The number of rotatable bonds is 5. The molecule has 0 N–H and O–H groups in total. The van der Waals surface area contributed by atoms with Crippen LogP contribution >= 0.6 is 11.3 Å². The lowest BCUT2D eigenvalue weighted by Crippen LogP contribution is -2.05. The second kappa shape index (κ2) is 6.21. The maximum atomic E-state index is 11.5. The van der Waals surface area contributed by atoms with Crippen LogP contribution in [-0.2, 0) is 22.6 Å². The van der Waals surface area contributed by atoms with Gasteiger partial charge in [0, 0.05) is 4.88 Å². The zero-order chi connectivity index (χ0) is 11.9. The van der Waals surface area contributed by atoms with Gasteiger partial charge in [-0.2, -0.15) is 0 Å². The molecule has 0 saturated carbocycles. The number of ether oxygens (including phenoxy) is 1. The fourth-order valence-corrected chi connectivity index (χ4v) is 2.20. The van der Waals surface area contributed by atoms with Crippen molar-refractivity contribution in [2.75, 3.05) is 0 Å². The molecule has 2 aromatic rings. The fraction of sp³-hybridized carbons (Fsp3) is 0.214. The normalized spacial score (nSPS) is 10.1. The summed E-state index contributed by atoms with van der Waals surface area (Å²) >= 11 is 1.67. The molecule has 0 unspecified atom stereocenters. The standard InChI is InChI=1S/C14H14O2S/c15-14(9-8-13-7-4-10-17-13)16-11-12-5-2-1-3-6-12/h1-7,10H,8-9,11H2. The molecule has 0 fully saturated rings. The number of esters is 1. The molecule has 2 nitrogen and oxygen atoms in total. The highest BCUT2D eigenvalue weighted by Gasteiger charge is 2.04. The van der Waals surface area contributed by atoms with E-state index in [-0.39, 0.29) is 5.97 Å². The van der Waals surface area contributed by atoms with Crippen LogP contribution in [0.5, 0.6) is 0 Å². The van der Waals surface area contributed by atoms with Gasteiger partial charge in [-0.05, 0) is 23.4 Å². The predicted octanol–water partition coefficient (Wildman–Crippen LogP) is 3.42. The molecule has 0 atom stereocenters. The average Bonchev–Trinajstić information content (AvgIpc) is 2.88. The average molecular weight is 246 g/mol. The Labute approximate surface area is 105 Å². The summed E-state index contributed by atoms with van der Waals surface area (Å²) < 4.78 is 5.19. The van der Waals surface area contributed by atoms with E-state index in [0.717, 1.165) is 12.0 Å². The largest absolute Gasteiger partial charge is 0.461 e. The molecule has 0 aliphatic carbocycles. The van der Waals surface area contributed by atoms with E-state index in [2.05, 4.69) is 0 Å². The summed E-state index contributed by atoms with van der Waals surface area (Å²) in [7, 11) is 0. The van der Waals surface area contributed by atoms with Gasteiger partial charge in [0.25, 0.3) is 0 Å². The second-order valence-corrected chi connectivity index (χ2v) is 4.76. The van der Waals surface area contributed by atoms with Gasteiger partial charge in [0.2, 0.25) is 0 Å². The Morgan fingerprint density at radius 3 is 2.65 bits per heavy atom. The van der Waals surface area contributed by atoms with Gasteiger partial charge in [-0.1, -0.05) is 36.4 Å². The summed E-state index contributed by atoms with van der Waals surface area (Å²) in [6, 6.07) is 13.8. The Balaban J connectivity index is 1.71. The molecule has 0 aliphatic heterocycles. The zero-order valence-corrected chi connectivity index (χ0v) is 10.3. The Kier molecular flexibility index (Phi) is 4.33. The monoisotopic (exact) mass is 246 g/mol. The van der Waals surface area contributed by atoms with Gasteiger partial charge in [0.15, 0.2) is 0 Å². The van der Waals surface area contributed by atoms with Crippen LogP contribution in [0.25, 0.3) is 0 Å². The molecule has 0 bridgehead atoms. The number of thiophene rings is 1. The quantitative estimate of drug-likeness (QED) is 0.756. The topological polar surface area (TPSA) is 26.3 Å². The van der Waals surface area contributed by atoms with Crippen LogP contribution in [-0.4, -0.2) is 5.97 Å². The molecule has 0 radical (unpaired) electrons. The lowest BCUT2D eigenvalue weighted by Gasteiger charge is -2.04. The number of benzene rings is 1. The Bertz CT molecular complexity index is 448. The minimum Gasteiger partial charge on any atom is -0.461 e. The highest BCUT2D eigenvalue weighted by Crippen LogP contribution is 2.11. The maximum absolute atomic E-state index is 11.5. The highest BCUT2D eigenvalue weighted by molar-refractivity contribution is 7.09. The van der Waals surface area contributed by atoms with E-state index in [9.17, 15) is 4.79 Å². The van der Waals surface area contributed by atoms with Gasteiger partial charge in [-0.25, -0.2) is 0 Å². The summed E-state index contributed by atoms with van der Waals surface area (Å²) in [5.74, 6) is -0.137. The van der Waals surface area contributed by atoms with Crippen LogP contribution in [0.2, 0.25) is 0 Å². The third-order valence-electron chi connectivity index (χ3n) is 2.40. The predicted molar refractivity (Wildman–Crippen MR) is 68.9 cm³/mol.